The highest BCUT2D eigenvalue weighted by atomic mass is 16.6. The van der Waals surface area contributed by atoms with Crippen LogP contribution in [0.5, 0.6) is 5.88 Å². The van der Waals surface area contributed by atoms with Gasteiger partial charge in [-0.05, 0) is 79.3 Å². The molecule has 1 aliphatic rings. The fraction of sp³-hybridized carbons (Fsp3) is 0.727. The lowest BCUT2D eigenvalue weighted by atomic mass is 9.69. The van der Waals surface area contributed by atoms with Crippen molar-refractivity contribution >= 4 is 18.9 Å². The third-order valence-electron chi connectivity index (χ3n) is 5.72. The number of ether oxygens (including phenoxy) is 2. The van der Waals surface area contributed by atoms with Gasteiger partial charge in [0.1, 0.15) is 17.6 Å². The first-order valence-electron chi connectivity index (χ1n) is 10.2. The van der Waals surface area contributed by atoms with Gasteiger partial charge >= 0.3 is 13.5 Å². The molecule has 161 valence electrons. The van der Waals surface area contributed by atoms with Crippen LogP contribution < -0.4 is 10.2 Å². The third-order valence-corrected chi connectivity index (χ3v) is 5.72. The first-order chi connectivity index (χ1) is 13.2. The van der Waals surface area contributed by atoms with Gasteiger partial charge in [-0.15, -0.1) is 0 Å². The molecule has 0 aliphatic heterocycles. The molecule has 7 heteroatoms. The summed E-state index contributed by atoms with van der Waals surface area (Å²) in [5.74, 6) is 0.274. The predicted octanol–water partition coefficient (Wildman–Crippen LogP) is 3.09. The lowest BCUT2D eigenvalue weighted by Gasteiger charge is -2.40. The van der Waals surface area contributed by atoms with Crippen molar-refractivity contribution < 1.29 is 24.0 Å². The summed E-state index contributed by atoms with van der Waals surface area (Å²) in [5.41, 5.74) is -1.09. The molecule has 1 saturated carbocycles. The summed E-state index contributed by atoms with van der Waals surface area (Å²) in [7, 11) is 1.61. The number of aryl methyl sites for hydroxylation is 1. The molecule has 1 fully saturated rings. The van der Waals surface area contributed by atoms with Crippen LogP contribution >= 0.6 is 0 Å². The van der Waals surface area contributed by atoms with E-state index < -0.39 is 22.2 Å². The molecule has 0 atom stereocenters. The monoisotopic (exact) mass is 404 g/mol. The number of nitrogens with zero attached hydrogens (tertiary/aromatic N) is 1. The zero-order valence-electron chi connectivity index (χ0n) is 19.1. The predicted molar refractivity (Wildman–Crippen MR) is 113 cm³/mol. The Balaban J connectivity index is 1.99. The summed E-state index contributed by atoms with van der Waals surface area (Å²) in [6.07, 6.45) is 4.21. The third kappa shape index (κ3) is 5.95. The number of esters is 1. The number of aromatic nitrogens is 1. The van der Waals surface area contributed by atoms with Crippen molar-refractivity contribution in [2.45, 2.75) is 91.5 Å². The van der Waals surface area contributed by atoms with Gasteiger partial charge in [-0.3, -0.25) is 4.79 Å². The quantitative estimate of drug-likeness (QED) is 0.530. The van der Waals surface area contributed by atoms with Crippen molar-refractivity contribution in [3.63, 3.8) is 0 Å². The number of pyridine rings is 1. The van der Waals surface area contributed by atoms with Crippen molar-refractivity contribution in [3.05, 3.63) is 17.8 Å². The van der Waals surface area contributed by atoms with Crippen molar-refractivity contribution in [3.8, 4) is 5.88 Å². The van der Waals surface area contributed by atoms with E-state index in [-0.39, 0.29) is 12.6 Å². The van der Waals surface area contributed by atoms with Crippen LogP contribution in [0.3, 0.4) is 0 Å². The molecule has 6 nitrogen and oxygen atoms in total. The maximum absolute atomic E-state index is 12.6. The number of hydrogen-bond donors (Lipinski definition) is 1. The molecule has 0 aromatic carbocycles. The Bertz CT molecular complexity index is 730. The van der Waals surface area contributed by atoms with E-state index >= 15 is 0 Å². The fourth-order valence-electron chi connectivity index (χ4n) is 2.71. The van der Waals surface area contributed by atoms with Gasteiger partial charge in [0.25, 0.3) is 0 Å². The topological polar surface area (TPSA) is 77.9 Å². The summed E-state index contributed by atoms with van der Waals surface area (Å²) in [6.45, 7) is 14.9. The molecule has 1 N–H and O–H groups in total. The molecule has 29 heavy (non-hydrogen) atoms. The van der Waals surface area contributed by atoms with E-state index in [1.807, 2.05) is 47.6 Å². The molecule has 0 unspecified atom stereocenters. The summed E-state index contributed by atoms with van der Waals surface area (Å²) in [4.78, 5) is 17.0. The molecule has 1 aliphatic carbocycles. The van der Waals surface area contributed by atoms with Crippen molar-refractivity contribution in [1.29, 1.82) is 0 Å². The van der Waals surface area contributed by atoms with Gasteiger partial charge in [-0.2, -0.15) is 0 Å². The second-order valence-corrected chi connectivity index (χ2v) is 10.1. The number of aliphatic hydroxyl groups is 1. The van der Waals surface area contributed by atoms with Crippen molar-refractivity contribution in [1.82, 2.24) is 4.98 Å². The average Bonchev–Trinajstić information content (AvgIpc) is 2.50. The lowest BCUT2D eigenvalue weighted by Crippen LogP contribution is -2.49. The normalized spacial score (nSPS) is 16.7. The molecule has 1 radical (unpaired) electrons. The number of carbonyl (C=O) groups excluding carboxylic acids is 1. The van der Waals surface area contributed by atoms with Gasteiger partial charge in [0.05, 0.1) is 11.2 Å². The maximum Gasteiger partial charge on any atom is 0.332 e. The van der Waals surface area contributed by atoms with Crippen LogP contribution in [0, 0.1) is 12.3 Å². The van der Waals surface area contributed by atoms with E-state index in [2.05, 4.69) is 4.98 Å². The molecule has 0 spiro atoms. The highest BCUT2D eigenvalue weighted by molar-refractivity contribution is 6.47. The molecule has 1 heterocycles. The average molecular weight is 404 g/mol. The van der Waals surface area contributed by atoms with E-state index in [1.54, 1.807) is 27.5 Å². The second-order valence-electron chi connectivity index (χ2n) is 10.1. The largest absolute Gasteiger partial charge is 0.476 e. The van der Waals surface area contributed by atoms with Crippen LogP contribution in [0.25, 0.3) is 0 Å². The molecule has 0 amide bonds. The Labute approximate surface area is 175 Å². The van der Waals surface area contributed by atoms with Crippen LogP contribution in [0.4, 0.5) is 0 Å². The van der Waals surface area contributed by atoms with Crippen molar-refractivity contribution in [2.75, 3.05) is 6.61 Å². The molecule has 1 aromatic heterocycles. The van der Waals surface area contributed by atoms with E-state index in [0.29, 0.717) is 5.88 Å². The smallest absolute Gasteiger partial charge is 0.332 e. The Morgan fingerprint density at radius 1 is 1.21 bits per heavy atom. The van der Waals surface area contributed by atoms with Gasteiger partial charge < -0.3 is 19.2 Å². The number of hydrogen-bond acceptors (Lipinski definition) is 6. The van der Waals surface area contributed by atoms with Gasteiger partial charge in [0, 0.05) is 12.3 Å². The minimum atomic E-state index is -0.993. The highest BCUT2D eigenvalue weighted by Gasteiger charge is 2.47. The van der Waals surface area contributed by atoms with Gasteiger partial charge in [-0.1, -0.05) is 6.42 Å². The minimum Gasteiger partial charge on any atom is -0.476 e. The van der Waals surface area contributed by atoms with E-state index in [1.165, 1.54) is 0 Å². The van der Waals surface area contributed by atoms with Crippen molar-refractivity contribution in [2.24, 2.45) is 5.41 Å². The zero-order valence-corrected chi connectivity index (χ0v) is 19.1. The first-order valence-corrected chi connectivity index (χ1v) is 10.2. The number of carbonyl (C=O) groups is 1. The van der Waals surface area contributed by atoms with Gasteiger partial charge in [-0.25, -0.2) is 4.98 Å². The molecule has 2 rings (SSSR count). The summed E-state index contributed by atoms with van der Waals surface area (Å²) < 4.78 is 17.3. The molecular formula is C22H35BNO5. The molecule has 1 aromatic rings. The first kappa shape index (κ1) is 23.7. The van der Waals surface area contributed by atoms with Crippen LogP contribution in [0.2, 0.25) is 0 Å². The molecular weight excluding hydrogens is 369 g/mol. The van der Waals surface area contributed by atoms with Gasteiger partial charge in [0.15, 0.2) is 0 Å². The minimum absolute atomic E-state index is 0.194. The SMILES string of the molecule is Cc1cc(OCC2(C(=O)OC(C)(C)C)CCC2)ncc1[B]OC(C)(C)C(C)(C)O. The number of rotatable bonds is 8. The Morgan fingerprint density at radius 2 is 1.83 bits per heavy atom. The standard InChI is InChI=1S/C22H35BNO5/c1-15-12-17(24-13-16(15)23-29-21(7,8)20(5,6)26)27-14-22(10-9-11-22)18(25)28-19(2,3)4/h12-13,26H,9-11,14H2,1-8H3. The highest BCUT2D eigenvalue weighted by Crippen LogP contribution is 2.43. The Kier molecular flexibility index (Phi) is 6.75. The maximum atomic E-state index is 12.6. The van der Waals surface area contributed by atoms with E-state index in [0.717, 1.165) is 30.3 Å². The van der Waals surface area contributed by atoms with E-state index in [4.69, 9.17) is 14.1 Å². The lowest BCUT2D eigenvalue weighted by molar-refractivity contribution is -0.176. The second kappa shape index (κ2) is 8.27. The summed E-state index contributed by atoms with van der Waals surface area (Å²) >= 11 is 0. The van der Waals surface area contributed by atoms with Crippen LogP contribution in [-0.2, 0) is 14.2 Å². The molecule has 0 saturated heterocycles. The molecule has 0 bridgehead atoms. The Hall–Kier alpha value is -1.60. The summed E-state index contributed by atoms with van der Waals surface area (Å²) in [5, 5.41) is 10.2. The van der Waals surface area contributed by atoms with Crippen LogP contribution in [-0.4, -0.2) is 47.0 Å². The Morgan fingerprint density at radius 3 is 2.28 bits per heavy atom. The zero-order chi connectivity index (χ0) is 22.1. The fourth-order valence-corrected chi connectivity index (χ4v) is 2.71. The van der Waals surface area contributed by atoms with E-state index in [9.17, 15) is 9.90 Å². The van der Waals surface area contributed by atoms with Crippen LogP contribution in [0.1, 0.15) is 73.3 Å². The summed E-state index contributed by atoms with van der Waals surface area (Å²) in [6, 6.07) is 1.83. The van der Waals surface area contributed by atoms with Gasteiger partial charge in [0.2, 0.25) is 5.88 Å². The van der Waals surface area contributed by atoms with Crippen LogP contribution in [0.15, 0.2) is 12.3 Å².